The summed E-state index contributed by atoms with van der Waals surface area (Å²) < 4.78 is 0. The summed E-state index contributed by atoms with van der Waals surface area (Å²) in [5, 5.41) is 12.2. The van der Waals surface area contributed by atoms with Crippen LogP contribution in [0.5, 0.6) is 0 Å². The lowest BCUT2D eigenvalue weighted by molar-refractivity contribution is -0.129. The Morgan fingerprint density at radius 1 is 1.18 bits per heavy atom. The molecule has 4 nitrogen and oxygen atoms in total. The van der Waals surface area contributed by atoms with Crippen molar-refractivity contribution in [3.63, 3.8) is 0 Å². The van der Waals surface area contributed by atoms with Crippen LogP contribution in [-0.2, 0) is 11.4 Å². The molecule has 1 amide bonds. The number of nitrogens with zero attached hydrogens (tertiary/aromatic N) is 1. The van der Waals surface area contributed by atoms with Gasteiger partial charge in [-0.25, -0.2) is 0 Å². The number of benzene rings is 2. The van der Waals surface area contributed by atoms with E-state index in [2.05, 4.69) is 5.32 Å². The summed E-state index contributed by atoms with van der Waals surface area (Å²) in [7, 11) is 1.81. The highest BCUT2D eigenvalue weighted by atomic mass is 16.3. The number of amides is 1. The minimum Gasteiger partial charge on any atom is -0.392 e. The molecule has 0 saturated heterocycles. The molecule has 0 spiro atoms. The van der Waals surface area contributed by atoms with Crippen LogP contribution in [0.2, 0.25) is 0 Å². The lowest BCUT2D eigenvalue weighted by Gasteiger charge is -2.25. The van der Waals surface area contributed by atoms with Gasteiger partial charge in [0.25, 0.3) is 0 Å². The zero-order chi connectivity index (χ0) is 15.9. The van der Waals surface area contributed by atoms with Crippen molar-refractivity contribution in [1.29, 1.82) is 0 Å². The van der Waals surface area contributed by atoms with Gasteiger partial charge in [-0.05, 0) is 30.2 Å². The monoisotopic (exact) mass is 298 g/mol. The molecular formula is C18H22N2O2. The molecule has 0 aliphatic rings. The molecule has 1 atom stereocenters. The number of aliphatic hydroxyl groups excluding tert-OH is 1. The van der Waals surface area contributed by atoms with Crippen molar-refractivity contribution in [3.05, 3.63) is 65.7 Å². The summed E-state index contributed by atoms with van der Waals surface area (Å²) in [6.07, 6.45) is 0. The quantitative estimate of drug-likeness (QED) is 0.862. The molecular weight excluding hydrogens is 276 g/mol. The number of carbonyl (C=O) groups is 1. The molecule has 0 aliphatic heterocycles. The molecule has 116 valence electrons. The molecule has 2 aromatic carbocycles. The first-order valence-electron chi connectivity index (χ1n) is 7.36. The van der Waals surface area contributed by atoms with Crippen LogP contribution in [0.1, 0.15) is 24.1 Å². The molecule has 4 heteroatoms. The fourth-order valence-electron chi connectivity index (χ4n) is 2.25. The first-order chi connectivity index (χ1) is 10.6. The standard InChI is InChI=1S/C18H22N2O2/c1-14(16-8-4-3-5-9-16)20(2)18(22)12-19-17-10-6-7-15(11-17)13-21/h3-11,14,19,21H,12-13H2,1-2H3. The Balaban J connectivity index is 1.93. The predicted molar refractivity (Wildman–Crippen MR) is 88.5 cm³/mol. The number of aliphatic hydroxyl groups is 1. The van der Waals surface area contributed by atoms with Gasteiger partial charge in [0.05, 0.1) is 19.2 Å². The van der Waals surface area contributed by atoms with Crippen molar-refractivity contribution in [1.82, 2.24) is 4.90 Å². The maximum absolute atomic E-state index is 12.3. The van der Waals surface area contributed by atoms with Crippen LogP contribution in [-0.4, -0.2) is 29.5 Å². The van der Waals surface area contributed by atoms with E-state index >= 15 is 0 Å². The van der Waals surface area contributed by atoms with E-state index in [0.717, 1.165) is 16.8 Å². The number of likely N-dealkylation sites (N-methyl/N-ethyl adjacent to an activating group) is 1. The number of anilines is 1. The number of nitrogens with one attached hydrogen (secondary N) is 1. The molecule has 0 aliphatic carbocycles. The zero-order valence-electron chi connectivity index (χ0n) is 13.0. The average Bonchev–Trinajstić information content (AvgIpc) is 2.59. The second kappa shape index (κ2) is 7.61. The molecule has 0 aromatic heterocycles. The van der Waals surface area contributed by atoms with E-state index < -0.39 is 0 Å². The molecule has 0 fully saturated rings. The molecule has 0 bridgehead atoms. The van der Waals surface area contributed by atoms with E-state index in [-0.39, 0.29) is 25.1 Å². The van der Waals surface area contributed by atoms with Gasteiger partial charge >= 0.3 is 0 Å². The highest BCUT2D eigenvalue weighted by Gasteiger charge is 2.16. The predicted octanol–water partition coefficient (Wildman–Crippen LogP) is 2.81. The second-order valence-corrected chi connectivity index (χ2v) is 5.30. The van der Waals surface area contributed by atoms with Crippen molar-refractivity contribution in [3.8, 4) is 0 Å². The molecule has 2 aromatic rings. The van der Waals surface area contributed by atoms with E-state index in [1.165, 1.54) is 0 Å². The normalized spacial score (nSPS) is 11.8. The van der Waals surface area contributed by atoms with Crippen LogP contribution in [0.4, 0.5) is 5.69 Å². The Kier molecular flexibility index (Phi) is 5.55. The first-order valence-corrected chi connectivity index (χ1v) is 7.36. The van der Waals surface area contributed by atoms with Gasteiger partial charge in [-0.15, -0.1) is 0 Å². The minimum absolute atomic E-state index is 0.00555. The third-order valence-corrected chi connectivity index (χ3v) is 3.81. The fourth-order valence-corrected chi connectivity index (χ4v) is 2.25. The summed E-state index contributed by atoms with van der Waals surface area (Å²) >= 11 is 0. The van der Waals surface area contributed by atoms with Gasteiger partial charge < -0.3 is 15.3 Å². The Labute approximate surface area is 131 Å². The van der Waals surface area contributed by atoms with E-state index in [1.54, 1.807) is 4.90 Å². The third kappa shape index (κ3) is 4.09. The van der Waals surface area contributed by atoms with Gasteiger partial charge in [-0.2, -0.15) is 0 Å². The summed E-state index contributed by atoms with van der Waals surface area (Å²) in [4.78, 5) is 14.0. The van der Waals surface area contributed by atoms with Gasteiger partial charge in [-0.3, -0.25) is 4.79 Å². The molecule has 0 heterocycles. The number of carbonyl (C=O) groups excluding carboxylic acids is 1. The van der Waals surface area contributed by atoms with Crippen molar-refractivity contribution in [2.75, 3.05) is 18.9 Å². The van der Waals surface area contributed by atoms with Gasteiger partial charge in [0.1, 0.15) is 0 Å². The fraction of sp³-hybridized carbons (Fsp3) is 0.278. The summed E-state index contributed by atoms with van der Waals surface area (Å²) in [5.74, 6) is 0.0192. The number of hydrogen-bond acceptors (Lipinski definition) is 3. The summed E-state index contributed by atoms with van der Waals surface area (Å²) in [5.41, 5.74) is 2.77. The molecule has 2 rings (SSSR count). The largest absolute Gasteiger partial charge is 0.392 e. The average molecular weight is 298 g/mol. The lowest BCUT2D eigenvalue weighted by atomic mass is 10.1. The lowest BCUT2D eigenvalue weighted by Crippen LogP contribution is -2.34. The van der Waals surface area contributed by atoms with Crippen LogP contribution in [0, 0.1) is 0 Å². The zero-order valence-corrected chi connectivity index (χ0v) is 13.0. The van der Waals surface area contributed by atoms with Gasteiger partial charge in [0, 0.05) is 12.7 Å². The van der Waals surface area contributed by atoms with Gasteiger partial charge in [0.15, 0.2) is 0 Å². The van der Waals surface area contributed by atoms with Crippen molar-refractivity contribution >= 4 is 11.6 Å². The molecule has 0 saturated carbocycles. The van der Waals surface area contributed by atoms with E-state index in [0.29, 0.717) is 0 Å². The topological polar surface area (TPSA) is 52.6 Å². The SMILES string of the molecule is CC(c1ccccc1)N(C)C(=O)CNc1cccc(CO)c1. The van der Waals surface area contributed by atoms with Crippen LogP contribution in [0.3, 0.4) is 0 Å². The van der Waals surface area contributed by atoms with E-state index in [9.17, 15) is 4.79 Å². The highest BCUT2D eigenvalue weighted by molar-refractivity contribution is 5.81. The maximum Gasteiger partial charge on any atom is 0.242 e. The number of rotatable bonds is 6. The van der Waals surface area contributed by atoms with Crippen molar-refractivity contribution in [2.24, 2.45) is 0 Å². The van der Waals surface area contributed by atoms with Crippen LogP contribution < -0.4 is 5.32 Å². The van der Waals surface area contributed by atoms with Crippen molar-refractivity contribution < 1.29 is 9.90 Å². The highest BCUT2D eigenvalue weighted by Crippen LogP contribution is 2.18. The second-order valence-electron chi connectivity index (χ2n) is 5.30. The smallest absolute Gasteiger partial charge is 0.242 e. The van der Waals surface area contributed by atoms with Gasteiger partial charge in [0.2, 0.25) is 5.91 Å². The van der Waals surface area contributed by atoms with E-state index in [4.69, 9.17) is 5.11 Å². The Bertz CT molecular complexity index is 613. The maximum atomic E-state index is 12.3. The molecule has 0 radical (unpaired) electrons. The molecule has 1 unspecified atom stereocenters. The third-order valence-electron chi connectivity index (χ3n) is 3.81. The van der Waals surface area contributed by atoms with Gasteiger partial charge in [-0.1, -0.05) is 42.5 Å². The molecule has 22 heavy (non-hydrogen) atoms. The van der Waals surface area contributed by atoms with Crippen LogP contribution in [0.25, 0.3) is 0 Å². The van der Waals surface area contributed by atoms with Crippen molar-refractivity contribution in [2.45, 2.75) is 19.6 Å². The minimum atomic E-state index is -0.00555. The molecule has 2 N–H and O–H groups in total. The number of hydrogen-bond donors (Lipinski definition) is 2. The van der Waals surface area contributed by atoms with Crippen LogP contribution in [0.15, 0.2) is 54.6 Å². The van der Waals surface area contributed by atoms with E-state index in [1.807, 2.05) is 68.6 Å². The first kappa shape index (κ1) is 16.0. The Morgan fingerprint density at radius 2 is 1.91 bits per heavy atom. The summed E-state index contributed by atoms with van der Waals surface area (Å²) in [6, 6.07) is 17.4. The van der Waals surface area contributed by atoms with Crippen LogP contribution >= 0.6 is 0 Å². The summed E-state index contributed by atoms with van der Waals surface area (Å²) in [6.45, 7) is 2.23. The Hall–Kier alpha value is -2.33. The Morgan fingerprint density at radius 3 is 2.59 bits per heavy atom.